The van der Waals surface area contributed by atoms with E-state index in [0.29, 0.717) is 12.0 Å². The van der Waals surface area contributed by atoms with Gasteiger partial charge in [0.25, 0.3) is 0 Å². The predicted octanol–water partition coefficient (Wildman–Crippen LogP) is 2.55. The molecule has 0 radical (unpaired) electrons. The summed E-state index contributed by atoms with van der Waals surface area (Å²) in [6.07, 6.45) is 5.81. The van der Waals surface area contributed by atoms with Crippen molar-refractivity contribution in [1.29, 1.82) is 0 Å². The summed E-state index contributed by atoms with van der Waals surface area (Å²) in [6, 6.07) is 20.1. The summed E-state index contributed by atoms with van der Waals surface area (Å²) < 4.78 is 0. The Morgan fingerprint density at radius 3 is 2.14 bits per heavy atom. The molecule has 0 bridgehead atoms. The molecule has 196 valence electrons. The Labute approximate surface area is 252 Å². The first-order chi connectivity index (χ1) is 16.5. The Balaban J connectivity index is 0.000000313. The minimum atomic E-state index is 0. The van der Waals surface area contributed by atoms with Gasteiger partial charge in [-0.1, -0.05) is 82.3 Å². The third kappa shape index (κ3) is 8.12. The van der Waals surface area contributed by atoms with Crippen LogP contribution in [0.4, 0.5) is 0 Å². The monoisotopic (exact) mass is 625 g/mol. The van der Waals surface area contributed by atoms with Crippen LogP contribution >= 0.6 is 0 Å². The van der Waals surface area contributed by atoms with Crippen LogP contribution in [0.2, 0.25) is 13.1 Å². The number of hydrogen-bond donors (Lipinski definition) is 0. The Bertz CT molecular complexity index is 1310. The fourth-order valence-corrected chi connectivity index (χ4v) is 4.52. The molecule has 1 nitrogen and oxygen atoms in total. The average molecular weight is 628 g/mol. The summed E-state index contributed by atoms with van der Waals surface area (Å²) in [5.41, 5.74) is 11.0. The normalized spacial score (nSPS) is 15.6. The second-order valence-corrected chi connectivity index (χ2v) is 19.6. The van der Waals surface area contributed by atoms with Crippen molar-refractivity contribution in [2.45, 2.75) is 60.7 Å². The van der Waals surface area contributed by atoms with Crippen molar-refractivity contribution >= 4 is 16.2 Å². The molecule has 3 aromatic rings. The topological polar surface area (TPSA) is 3.24 Å². The van der Waals surface area contributed by atoms with Gasteiger partial charge < -0.3 is 29.7 Å². The molecule has 0 fully saturated rings. The molecule has 0 saturated heterocycles. The number of likely N-dealkylation sites (N-methyl/N-ethyl adjacent to an activating group) is 1. The van der Waals surface area contributed by atoms with Crippen molar-refractivity contribution in [3.63, 3.8) is 0 Å². The van der Waals surface area contributed by atoms with Crippen LogP contribution in [0, 0.1) is 25.8 Å². The van der Waals surface area contributed by atoms with Gasteiger partial charge in [-0.05, 0) is 25.5 Å². The third-order valence-corrected chi connectivity index (χ3v) is 6.76. The Hall–Kier alpha value is -1.25. The molecule has 5 rings (SSSR count). The van der Waals surface area contributed by atoms with E-state index >= 15 is 0 Å². The molecule has 37 heavy (non-hydrogen) atoms. The summed E-state index contributed by atoms with van der Waals surface area (Å²) in [5, 5.41) is 2.75. The van der Waals surface area contributed by atoms with Crippen molar-refractivity contribution in [1.82, 2.24) is 4.90 Å². The first-order valence-electron chi connectivity index (χ1n) is 12.5. The summed E-state index contributed by atoms with van der Waals surface area (Å²) in [4.78, 5) is 2.34. The molecule has 0 saturated carbocycles. The largest absolute Gasteiger partial charge is 1.00 e. The zero-order chi connectivity index (χ0) is 25.9. The predicted molar refractivity (Wildman–Crippen MR) is 152 cm³/mol. The Kier molecular flexibility index (Phi) is 13.5. The van der Waals surface area contributed by atoms with Crippen LogP contribution in [0.1, 0.15) is 38.8 Å². The smallest absolute Gasteiger partial charge is 0.0279 e. The van der Waals surface area contributed by atoms with Crippen LogP contribution in [0.5, 0.6) is 0 Å². The number of nitrogens with zero attached hydrogens (tertiary/aromatic N) is 1. The Morgan fingerprint density at radius 1 is 1.00 bits per heavy atom. The van der Waals surface area contributed by atoms with E-state index < -0.39 is 0 Å². The zero-order valence-electron chi connectivity index (χ0n) is 23.6. The maximum Gasteiger partial charge on any atom is -0.0279 e. The zero-order valence-corrected chi connectivity index (χ0v) is 28.6. The van der Waals surface area contributed by atoms with Crippen LogP contribution in [0.3, 0.4) is 0 Å². The number of allylic oxidation sites excluding steroid dienone is 3. The average Bonchev–Trinajstić information content (AvgIpc) is 3.47. The van der Waals surface area contributed by atoms with E-state index in [2.05, 4.69) is 133 Å². The second kappa shape index (κ2) is 14.8. The molecule has 1 atom stereocenters. The number of fused-ring (bicyclic) bond motifs is 2. The van der Waals surface area contributed by atoms with Gasteiger partial charge >= 0.3 is 41.9 Å². The van der Waals surface area contributed by atoms with Gasteiger partial charge in [0, 0.05) is 6.04 Å². The van der Waals surface area contributed by atoms with Crippen LogP contribution in [-0.2, 0) is 23.3 Å². The molecule has 0 spiro atoms. The molecular formula is C32H39Cl2NSiZr-2. The molecular weight excluding hydrogens is 589 g/mol. The Morgan fingerprint density at radius 2 is 1.59 bits per heavy atom. The number of halogens is 2. The van der Waals surface area contributed by atoms with Crippen molar-refractivity contribution in [2.75, 3.05) is 7.05 Å². The quantitative estimate of drug-likeness (QED) is 0.312. The molecule has 1 aliphatic heterocycles. The van der Waals surface area contributed by atoms with Gasteiger partial charge in [-0.15, -0.1) is 62.9 Å². The van der Waals surface area contributed by atoms with Gasteiger partial charge in [0.05, 0.1) is 0 Å². The first kappa shape index (κ1) is 33.8. The minimum absolute atomic E-state index is 0. The van der Waals surface area contributed by atoms with Gasteiger partial charge in [-0.25, -0.2) is 0 Å². The summed E-state index contributed by atoms with van der Waals surface area (Å²) in [6.45, 7) is 17.9. The summed E-state index contributed by atoms with van der Waals surface area (Å²) in [5.74, 6) is 0.581. The van der Waals surface area contributed by atoms with Gasteiger partial charge in [0.2, 0.25) is 0 Å². The number of hydrogen-bond acceptors (Lipinski definition) is 1. The molecule has 1 heterocycles. The molecule has 0 N–H and O–H groups in total. The number of rotatable bonds is 2. The van der Waals surface area contributed by atoms with Gasteiger partial charge in [0.15, 0.2) is 0 Å². The van der Waals surface area contributed by atoms with Crippen molar-refractivity contribution in [3.05, 3.63) is 100 Å². The number of aryl methyl sites for hydroxylation is 2. The van der Waals surface area contributed by atoms with Crippen LogP contribution in [0.15, 0.2) is 83.1 Å². The number of benzene rings is 2. The fourth-order valence-electron chi connectivity index (χ4n) is 4.52. The second-order valence-electron chi connectivity index (χ2n) is 10.3. The summed E-state index contributed by atoms with van der Waals surface area (Å²) in [7, 11) is 2.16. The first-order valence-corrected chi connectivity index (χ1v) is 18.7. The van der Waals surface area contributed by atoms with Crippen LogP contribution < -0.4 is 24.8 Å². The van der Waals surface area contributed by atoms with E-state index in [4.69, 9.17) is 0 Å². The molecule has 1 unspecified atom stereocenters. The van der Waals surface area contributed by atoms with E-state index in [9.17, 15) is 0 Å². The minimum Gasteiger partial charge on any atom is -1.00 e. The maximum absolute atomic E-state index is 3.52. The van der Waals surface area contributed by atoms with E-state index in [1.807, 2.05) is 0 Å². The SMILES string of the molecule is CC1=C2[C-]=C(C(C)C)C=C2N(C)C1C.C[Si](C)=[Zr+2].Cc1cc2c(-c3ccccc3)ccc(C)c2[cH-]1.[Cl-].[Cl-]. The summed E-state index contributed by atoms with van der Waals surface area (Å²) >= 11 is 1.74. The van der Waals surface area contributed by atoms with Crippen molar-refractivity contribution in [2.24, 2.45) is 5.92 Å². The fraction of sp³-hybridized carbons (Fsp3) is 0.344. The van der Waals surface area contributed by atoms with Crippen LogP contribution in [0.25, 0.3) is 21.9 Å². The van der Waals surface area contributed by atoms with E-state index in [1.54, 1.807) is 23.3 Å². The maximum atomic E-state index is 3.52. The van der Waals surface area contributed by atoms with Gasteiger partial charge in [0.1, 0.15) is 0 Å². The molecule has 0 aromatic heterocycles. The standard InChI is InChI=1S/C17H15.C13H18N.C2H6Si.2ClH.Zr/c1-12-10-16-13(2)8-9-15(17(16)11-12)14-6-4-3-5-7-14;1-8(2)11-6-12-9(3)10(4)14(5)13(12)7-11;1-3-2;;;/h3-11H,1-2H3;7-8,10H,1-5H3;1-2H3;2*1H;/q2*-1;;;;+2/p-2. The van der Waals surface area contributed by atoms with Crippen molar-refractivity contribution < 1.29 is 48.1 Å². The molecule has 1 aliphatic carbocycles. The molecule has 0 amide bonds. The van der Waals surface area contributed by atoms with E-state index in [0.717, 1.165) is 0 Å². The van der Waals surface area contributed by atoms with E-state index in [1.165, 1.54) is 55.4 Å². The van der Waals surface area contributed by atoms with Gasteiger partial charge in [-0.3, -0.25) is 0 Å². The van der Waals surface area contributed by atoms with Gasteiger partial charge in [-0.2, -0.15) is 6.07 Å². The molecule has 5 heteroatoms. The van der Waals surface area contributed by atoms with E-state index in [-0.39, 0.29) is 30.2 Å². The molecule has 2 aliphatic rings. The molecule has 3 aromatic carbocycles. The third-order valence-electron chi connectivity index (χ3n) is 6.76. The van der Waals surface area contributed by atoms with Crippen LogP contribution in [-0.4, -0.2) is 23.4 Å². The van der Waals surface area contributed by atoms with Crippen molar-refractivity contribution in [3.8, 4) is 11.1 Å².